The number of nitrogens with zero attached hydrogens (tertiary/aromatic N) is 8. The molecule has 4 aliphatic heterocycles. The van der Waals surface area contributed by atoms with E-state index in [1.807, 2.05) is 29.3 Å². The Morgan fingerprint density at radius 2 is 2.00 bits per heavy atom. The number of hydrogen-bond donors (Lipinski definition) is 2. The van der Waals surface area contributed by atoms with Crippen molar-refractivity contribution in [2.45, 2.75) is 50.4 Å². The third kappa shape index (κ3) is 4.39. The Kier molecular flexibility index (Phi) is 5.79. The largest absolute Gasteiger partial charge is 0.381 e. The fraction of sp³-hybridized carbons (Fsp3) is 0.429. The van der Waals surface area contributed by atoms with E-state index in [0.717, 1.165) is 44.7 Å². The van der Waals surface area contributed by atoms with Crippen LogP contribution in [0.3, 0.4) is 0 Å². The van der Waals surface area contributed by atoms with E-state index in [4.69, 9.17) is 9.72 Å². The van der Waals surface area contributed by atoms with E-state index < -0.39 is 5.60 Å². The third-order valence-corrected chi connectivity index (χ3v) is 8.96. The number of fused-ring (bicyclic) bond motifs is 3. The van der Waals surface area contributed by atoms with E-state index in [9.17, 15) is 15.2 Å². The van der Waals surface area contributed by atoms with Crippen molar-refractivity contribution in [1.82, 2.24) is 29.7 Å². The van der Waals surface area contributed by atoms with Crippen LogP contribution in [0.4, 0.5) is 10.8 Å². The number of pyridine rings is 1. The first-order valence-electron chi connectivity index (χ1n) is 13.5. The summed E-state index contributed by atoms with van der Waals surface area (Å²) in [4.78, 5) is 21.5. The second-order valence-corrected chi connectivity index (χ2v) is 12.8. The minimum atomic E-state index is -1.37. The molecule has 2 atom stereocenters. The predicted molar refractivity (Wildman–Crippen MR) is 152 cm³/mol. The van der Waals surface area contributed by atoms with Gasteiger partial charge in [0.05, 0.1) is 65.1 Å². The molecule has 8 rings (SSSR count). The average Bonchev–Trinajstić information content (AvgIpc) is 3.59. The summed E-state index contributed by atoms with van der Waals surface area (Å²) in [6.45, 7) is 7.70. The highest BCUT2D eigenvalue weighted by Gasteiger charge is 2.50. The summed E-state index contributed by atoms with van der Waals surface area (Å²) in [7, 11) is 0. The van der Waals surface area contributed by atoms with Gasteiger partial charge in [-0.25, -0.2) is 4.52 Å². The Bertz CT molecular complexity index is 1700. The fourth-order valence-corrected chi connectivity index (χ4v) is 6.68. The zero-order chi connectivity index (χ0) is 28.5. The Balaban J connectivity index is 1.18. The summed E-state index contributed by atoms with van der Waals surface area (Å²) < 4.78 is 7.26. The normalized spacial score (nSPS) is 21.2. The topological polar surface area (TPSA) is 145 Å². The van der Waals surface area contributed by atoms with Gasteiger partial charge in [-0.3, -0.25) is 9.78 Å². The molecule has 0 radical (unpaired) electrons. The van der Waals surface area contributed by atoms with Crippen LogP contribution < -0.4 is 10.2 Å². The highest BCUT2D eigenvalue weighted by atomic mass is 32.1. The van der Waals surface area contributed by atoms with Crippen molar-refractivity contribution < 1.29 is 14.6 Å². The molecular formula is C28H29N9O3S. The van der Waals surface area contributed by atoms with Crippen molar-refractivity contribution in [2.24, 2.45) is 0 Å². The van der Waals surface area contributed by atoms with E-state index in [-0.39, 0.29) is 23.5 Å². The minimum absolute atomic E-state index is 0.0616. The molecule has 41 heavy (non-hydrogen) atoms. The number of rotatable bonds is 6. The molecule has 2 unspecified atom stereocenters. The summed E-state index contributed by atoms with van der Waals surface area (Å²) in [6.07, 6.45) is 4.29. The number of carbonyl (C=O) groups is 1. The number of anilines is 2. The van der Waals surface area contributed by atoms with Crippen LogP contribution >= 0.6 is 11.3 Å². The molecule has 8 heterocycles. The number of piperazine rings is 1. The smallest absolute Gasteiger partial charge is 0.254 e. The van der Waals surface area contributed by atoms with Gasteiger partial charge in [0, 0.05) is 25.0 Å². The molecule has 0 aliphatic carbocycles. The van der Waals surface area contributed by atoms with Gasteiger partial charge in [0.1, 0.15) is 11.7 Å². The van der Waals surface area contributed by atoms with Crippen molar-refractivity contribution in [3.63, 3.8) is 0 Å². The zero-order valence-electron chi connectivity index (χ0n) is 22.9. The van der Waals surface area contributed by atoms with Gasteiger partial charge in [0.25, 0.3) is 5.91 Å². The highest BCUT2D eigenvalue weighted by Crippen LogP contribution is 2.41. The summed E-state index contributed by atoms with van der Waals surface area (Å²) in [5, 5.41) is 38.1. The van der Waals surface area contributed by atoms with Gasteiger partial charge in [-0.1, -0.05) is 11.3 Å². The van der Waals surface area contributed by atoms with Gasteiger partial charge in [-0.15, -0.1) is 10.2 Å². The molecule has 13 heteroatoms. The van der Waals surface area contributed by atoms with Crippen molar-refractivity contribution in [3.05, 3.63) is 42.2 Å². The number of piperidine rings is 1. The summed E-state index contributed by atoms with van der Waals surface area (Å²) >= 11 is 1.50. The number of nitriles is 1. The van der Waals surface area contributed by atoms with Crippen LogP contribution in [0.15, 0.2) is 36.7 Å². The molecule has 4 saturated heterocycles. The van der Waals surface area contributed by atoms with Crippen LogP contribution in [0.5, 0.6) is 0 Å². The first-order chi connectivity index (χ1) is 19.6. The lowest BCUT2D eigenvalue weighted by atomic mass is 9.85. The summed E-state index contributed by atoms with van der Waals surface area (Å²) in [5.41, 5.74) is 2.98. The van der Waals surface area contributed by atoms with E-state index in [1.54, 1.807) is 30.6 Å². The van der Waals surface area contributed by atoms with E-state index in [1.165, 1.54) is 11.3 Å². The quantitative estimate of drug-likeness (QED) is 0.354. The van der Waals surface area contributed by atoms with E-state index in [0.29, 0.717) is 31.9 Å². The lowest BCUT2D eigenvalue weighted by molar-refractivity contribution is -0.163. The van der Waals surface area contributed by atoms with Crippen LogP contribution in [0.2, 0.25) is 0 Å². The zero-order valence-corrected chi connectivity index (χ0v) is 23.7. The van der Waals surface area contributed by atoms with Crippen LogP contribution in [-0.4, -0.2) is 90.2 Å². The fourth-order valence-electron chi connectivity index (χ4n) is 5.79. The van der Waals surface area contributed by atoms with E-state index in [2.05, 4.69) is 38.5 Å². The highest BCUT2D eigenvalue weighted by molar-refractivity contribution is 7.18. The number of carbonyl (C=O) groups excluding carboxylic acids is 1. The first kappa shape index (κ1) is 25.8. The number of hydrogen-bond acceptors (Lipinski definition) is 11. The molecule has 0 saturated carbocycles. The predicted octanol–water partition coefficient (Wildman–Crippen LogP) is 2.55. The Morgan fingerprint density at radius 1 is 1.22 bits per heavy atom. The molecule has 0 spiro atoms. The van der Waals surface area contributed by atoms with Gasteiger partial charge in [-0.05, 0) is 51.5 Å². The molecule has 1 amide bonds. The number of aromatic nitrogens is 5. The second-order valence-electron chi connectivity index (χ2n) is 11.8. The van der Waals surface area contributed by atoms with Gasteiger partial charge in [0.2, 0.25) is 5.13 Å². The Labute approximate surface area is 240 Å². The van der Waals surface area contributed by atoms with Crippen LogP contribution in [-0.2, 0) is 9.53 Å². The average molecular weight is 572 g/mol. The summed E-state index contributed by atoms with van der Waals surface area (Å²) in [5.74, 6) is -0.219. The van der Waals surface area contributed by atoms with Crippen molar-refractivity contribution >= 4 is 33.6 Å². The summed E-state index contributed by atoms with van der Waals surface area (Å²) in [6, 6.07) is 9.91. The van der Waals surface area contributed by atoms with Crippen molar-refractivity contribution in [1.29, 1.82) is 5.26 Å². The van der Waals surface area contributed by atoms with E-state index >= 15 is 0 Å². The molecule has 4 fully saturated rings. The molecule has 2 N–H and O–H groups in total. The molecule has 12 nitrogen and oxygen atoms in total. The maximum atomic E-state index is 12.7. The molecule has 0 aromatic carbocycles. The van der Waals surface area contributed by atoms with Gasteiger partial charge in [0.15, 0.2) is 5.01 Å². The Morgan fingerprint density at radius 3 is 2.68 bits per heavy atom. The monoisotopic (exact) mass is 571 g/mol. The molecule has 4 aromatic heterocycles. The Hall–Kier alpha value is -4.12. The van der Waals surface area contributed by atoms with Crippen molar-refractivity contribution in [2.75, 3.05) is 36.5 Å². The molecular weight excluding hydrogens is 542 g/mol. The van der Waals surface area contributed by atoms with Crippen molar-refractivity contribution in [3.8, 4) is 28.0 Å². The number of nitrogens with one attached hydrogen (secondary N) is 1. The SMILES string of the molecule is CC1(Nc2cc(-c3ccc4cc(C#N)cnn34)ncc2-c2nnc(N3CC4CC(C3)N4C(=O)C(C)(C)O)s2)COC1. The number of aliphatic hydroxyl groups is 1. The molecule has 4 aliphatic rings. The first-order valence-corrected chi connectivity index (χ1v) is 14.3. The van der Waals surface area contributed by atoms with Gasteiger partial charge in [-0.2, -0.15) is 10.4 Å². The second kappa shape index (κ2) is 9.20. The maximum absolute atomic E-state index is 12.7. The van der Waals surface area contributed by atoms with Crippen LogP contribution in [0.1, 0.15) is 32.8 Å². The number of ether oxygens (including phenoxy) is 1. The van der Waals surface area contributed by atoms with Gasteiger partial charge >= 0.3 is 0 Å². The van der Waals surface area contributed by atoms with Crippen LogP contribution in [0.25, 0.3) is 27.5 Å². The molecule has 2 bridgehead atoms. The molecule has 4 aromatic rings. The maximum Gasteiger partial charge on any atom is 0.254 e. The lowest BCUT2D eigenvalue weighted by Gasteiger charge is -2.57. The van der Waals surface area contributed by atoms with Crippen LogP contribution in [0, 0.1) is 11.3 Å². The number of amides is 1. The minimum Gasteiger partial charge on any atom is -0.381 e. The lowest BCUT2D eigenvalue weighted by Crippen LogP contribution is -2.72. The third-order valence-electron chi connectivity index (χ3n) is 7.94. The van der Waals surface area contributed by atoms with Gasteiger partial charge < -0.3 is 25.0 Å². The standard InChI is InChI=1S/C28H29N9O3S/c1-27(2,39)25(38)36-18-7-19(36)13-35(12-18)26-34-33-24(41-26)20-11-30-22(8-21(20)32-28(3)14-40-15-28)23-5-4-17-6-16(9-29)10-31-37(17)23/h4-6,8,10-11,18-19,39H,7,12-15H2,1-3H3,(H,30,32). The molecule has 210 valence electrons.